The summed E-state index contributed by atoms with van der Waals surface area (Å²) in [5, 5.41) is 5.83. The molecule has 0 aliphatic heterocycles. The van der Waals surface area contributed by atoms with Gasteiger partial charge in [0.25, 0.3) is 0 Å². The molecule has 1 amide bonds. The van der Waals surface area contributed by atoms with Gasteiger partial charge in [0.1, 0.15) is 12.4 Å². The number of carbonyl (C=O) groups is 1. The maximum Gasteiger partial charge on any atom is 0.238 e. The second kappa shape index (κ2) is 10.1. The zero-order valence-corrected chi connectivity index (χ0v) is 12.9. The summed E-state index contributed by atoms with van der Waals surface area (Å²) in [7, 11) is 3.24. The van der Waals surface area contributed by atoms with Crippen LogP contribution in [0.3, 0.4) is 0 Å². The molecule has 0 heterocycles. The van der Waals surface area contributed by atoms with Crippen LogP contribution in [0.5, 0.6) is 5.75 Å². The minimum absolute atomic E-state index is 0.119. The molecule has 0 saturated heterocycles. The van der Waals surface area contributed by atoms with Crippen molar-refractivity contribution in [2.75, 3.05) is 52.4 Å². The molecule has 0 unspecified atom stereocenters. The van der Waals surface area contributed by atoms with E-state index >= 15 is 0 Å². The van der Waals surface area contributed by atoms with Crippen LogP contribution in [0, 0.1) is 6.92 Å². The molecule has 1 rings (SSSR count). The number of carbonyl (C=O) groups excluding carboxylic acids is 1. The van der Waals surface area contributed by atoms with Gasteiger partial charge in [-0.15, -0.1) is 0 Å². The molecule has 1 aromatic carbocycles. The smallest absolute Gasteiger partial charge is 0.238 e. The number of hydrogen-bond acceptors (Lipinski definition) is 5. The van der Waals surface area contributed by atoms with Gasteiger partial charge in [0, 0.05) is 20.8 Å². The van der Waals surface area contributed by atoms with Crippen LogP contribution in [0.25, 0.3) is 0 Å². The van der Waals surface area contributed by atoms with Gasteiger partial charge < -0.3 is 24.8 Å². The normalized spacial score (nSPS) is 10.4. The maximum absolute atomic E-state index is 11.8. The Balaban J connectivity index is 2.53. The molecule has 0 bridgehead atoms. The Kier molecular flexibility index (Phi) is 8.42. The van der Waals surface area contributed by atoms with Gasteiger partial charge in [-0.2, -0.15) is 0 Å². The SMILES string of the molecule is COCCNCC(=O)Nc1ccc(C)cc1OCCOC. The first-order valence-electron chi connectivity index (χ1n) is 6.89. The molecule has 0 atom stereocenters. The van der Waals surface area contributed by atoms with Crippen molar-refractivity contribution < 1.29 is 19.0 Å². The van der Waals surface area contributed by atoms with Crippen LogP contribution in [-0.4, -0.2) is 53.0 Å². The third-order valence-electron chi connectivity index (χ3n) is 2.72. The minimum Gasteiger partial charge on any atom is -0.489 e. The Labute approximate surface area is 125 Å². The highest BCUT2D eigenvalue weighted by atomic mass is 16.5. The summed E-state index contributed by atoms with van der Waals surface area (Å²) in [6.07, 6.45) is 0. The number of benzene rings is 1. The number of amides is 1. The van der Waals surface area contributed by atoms with Gasteiger partial charge in [-0.3, -0.25) is 4.79 Å². The molecule has 0 spiro atoms. The van der Waals surface area contributed by atoms with Gasteiger partial charge in [0.2, 0.25) is 5.91 Å². The fraction of sp³-hybridized carbons (Fsp3) is 0.533. The average Bonchev–Trinajstić information content (AvgIpc) is 2.47. The van der Waals surface area contributed by atoms with Crippen LogP contribution < -0.4 is 15.4 Å². The number of hydrogen-bond donors (Lipinski definition) is 2. The molecular formula is C15H24N2O4. The van der Waals surface area contributed by atoms with E-state index in [-0.39, 0.29) is 12.5 Å². The van der Waals surface area contributed by atoms with Crippen LogP contribution >= 0.6 is 0 Å². The average molecular weight is 296 g/mol. The predicted octanol–water partition coefficient (Wildman–Crippen LogP) is 1.19. The molecule has 0 aliphatic rings. The van der Waals surface area contributed by atoms with E-state index in [1.165, 1.54) is 0 Å². The number of rotatable bonds is 10. The Morgan fingerprint density at radius 1 is 1.14 bits per heavy atom. The van der Waals surface area contributed by atoms with E-state index in [9.17, 15) is 4.79 Å². The summed E-state index contributed by atoms with van der Waals surface area (Å²) in [6.45, 7) is 4.35. The molecule has 6 heteroatoms. The van der Waals surface area contributed by atoms with E-state index in [1.54, 1.807) is 14.2 Å². The lowest BCUT2D eigenvalue weighted by molar-refractivity contribution is -0.115. The van der Waals surface area contributed by atoms with Crippen LogP contribution in [0.1, 0.15) is 5.56 Å². The fourth-order valence-corrected chi connectivity index (χ4v) is 1.66. The molecule has 0 fully saturated rings. The van der Waals surface area contributed by atoms with Crippen molar-refractivity contribution in [3.8, 4) is 5.75 Å². The van der Waals surface area contributed by atoms with Crippen molar-refractivity contribution in [3.05, 3.63) is 23.8 Å². The molecule has 0 radical (unpaired) electrons. The zero-order chi connectivity index (χ0) is 15.5. The van der Waals surface area contributed by atoms with Crippen LogP contribution in [0.15, 0.2) is 18.2 Å². The summed E-state index contributed by atoms with van der Waals surface area (Å²) in [6, 6.07) is 5.66. The third kappa shape index (κ3) is 7.08. The third-order valence-corrected chi connectivity index (χ3v) is 2.72. The zero-order valence-electron chi connectivity index (χ0n) is 12.9. The Bertz CT molecular complexity index is 438. The second-order valence-electron chi connectivity index (χ2n) is 4.56. The minimum atomic E-state index is -0.119. The largest absolute Gasteiger partial charge is 0.489 e. The second-order valence-corrected chi connectivity index (χ2v) is 4.56. The standard InChI is InChI=1S/C15H24N2O4/c1-12-4-5-13(14(10-12)21-9-8-20-3)17-15(18)11-16-6-7-19-2/h4-5,10,16H,6-9,11H2,1-3H3,(H,17,18). The van der Waals surface area contributed by atoms with E-state index in [2.05, 4.69) is 10.6 Å². The first kappa shape index (κ1) is 17.4. The summed E-state index contributed by atoms with van der Waals surface area (Å²) < 4.78 is 15.5. The van der Waals surface area contributed by atoms with Gasteiger partial charge in [-0.1, -0.05) is 6.07 Å². The molecule has 21 heavy (non-hydrogen) atoms. The molecule has 6 nitrogen and oxygen atoms in total. The number of anilines is 1. The van der Waals surface area contributed by atoms with Crippen LogP contribution in [0.4, 0.5) is 5.69 Å². The van der Waals surface area contributed by atoms with E-state index < -0.39 is 0 Å². The monoisotopic (exact) mass is 296 g/mol. The van der Waals surface area contributed by atoms with Crippen molar-refractivity contribution >= 4 is 11.6 Å². The molecule has 0 aromatic heterocycles. The van der Waals surface area contributed by atoms with Crippen molar-refractivity contribution in [2.24, 2.45) is 0 Å². The summed E-state index contributed by atoms with van der Waals surface area (Å²) in [4.78, 5) is 11.8. The Hall–Kier alpha value is -1.63. The first-order valence-corrected chi connectivity index (χ1v) is 6.89. The lowest BCUT2D eigenvalue weighted by Crippen LogP contribution is -2.30. The molecule has 118 valence electrons. The number of aryl methyl sites for hydroxylation is 1. The van der Waals surface area contributed by atoms with Gasteiger partial charge in [-0.05, 0) is 24.6 Å². The first-order chi connectivity index (χ1) is 10.2. The van der Waals surface area contributed by atoms with Crippen molar-refractivity contribution in [3.63, 3.8) is 0 Å². The van der Waals surface area contributed by atoms with E-state index in [0.717, 1.165) is 5.56 Å². The molecule has 0 aliphatic carbocycles. The Morgan fingerprint density at radius 2 is 1.90 bits per heavy atom. The van der Waals surface area contributed by atoms with Crippen molar-refractivity contribution in [1.82, 2.24) is 5.32 Å². The van der Waals surface area contributed by atoms with Gasteiger partial charge >= 0.3 is 0 Å². The maximum atomic E-state index is 11.8. The number of nitrogens with one attached hydrogen (secondary N) is 2. The quantitative estimate of drug-likeness (QED) is 0.635. The lowest BCUT2D eigenvalue weighted by Gasteiger charge is -2.13. The number of methoxy groups -OCH3 is 2. The van der Waals surface area contributed by atoms with E-state index in [1.807, 2.05) is 25.1 Å². The van der Waals surface area contributed by atoms with Crippen molar-refractivity contribution in [1.29, 1.82) is 0 Å². The fourth-order valence-electron chi connectivity index (χ4n) is 1.66. The topological polar surface area (TPSA) is 68.8 Å². The number of ether oxygens (including phenoxy) is 3. The molecule has 1 aromatic rings. The summed E-state index contributed by atoms with van der Waals surface area (Å²) in [5.74, 6) is 0.531. The molecule has 2 N–H and O–H groups in total. The van der Waals surface area contributed by atoms with E-state index in [0.29, 0.717) is 37.8 Å². The predicted molar refractivity (Wildman–Crippen MR) is 81.9 cm³/mol. The van der Waals surface area contributed by atoms with Crippen molar-refractivity contribution in [2.45, 2.75) is 6.92 Å². The van der Waals surface area contributed by atoms with Crippen LogP contribution in [-0.2, 0) is 14.3 Å². The summed E-state index contributed by atoms with van der Waals surface area (Å²) in [5.41, 5.74) is 1.73. The molecule has 0 saturated carbocycles. The van der Waals surface area contributed by atoms with Gasteiger partial charge in [0.15, 0.2) is 0 Å². The highest BCUT2D eigenvalue weighted by molar-refractivity contribution is 5.93. The van der Waals surface area contributed by atoms with E-state index in [4.69, 9.17) is 14.2 Å². The highest BCUT2D eigenvalue weighted by Gasteiger charge is 2.08. The lowest BCUT2D eigenvalue weighted by atomic mass is 10.2. The van der Waals surface area contributed by atoms with Gasteiger partial charge in [0.05, 0.1) is 25.4 Å². The van der Waals surface area contributed by atoms with Gasteiger partial charge in [-0.25, -0.2) is 0 Å². The molecular weight excluding hydrogens is 272 g/mol. The van der Waals surface area contributed by atoms with Crippen LogP contribution in [0.2, 0.25) is 0 Å². The Morgan fingerprint density at radius 3 is 2.62 bits per heavy atom. The highest BCUT2D eigenvalue weighted by Crippen LogP contribution is 2.25. The summed E-state index contributed by atoms with van der Waals surface area (Å²) >= 11 is 0.